The smallest absolute Gasteiger partial charge is 0.160 e. The SMILES string of the molecule is c1c(-c2ccccc2)cc2c3cc(-c4ccccc4)ccc3n(-c3ccc(-c4cccc(-c5cc(-c6ccccc6)nc(-c6ccccc6)n5)c4)cc3)c2c#1. The first-order chi connectivity index (χ1) is 27.2. The molecule has 0 radical (unpaired) electrons. The van der Waals surface area contributed by atoms with E-state index < -0.39 is 0 Å². The van der Waals surface area contributed by atoms with E-state index in [2.05, 4.69) is 174 Å². The van der Waals surface area contributed by atoms with Gasteiger partial charge in [0.1, 0.15) is 5.52 Å². The first-order valence-electron chi connectivity index (χ1n) is 18.5. The van der Waals surface area contributed by atoms with Crippen molar-refractivity contribution in [2.75, 3.05) is 0 Å². The number of fused-ring (bicyclic) bond motifs is 3. The van der Waals surface area contributed by atoms with Crippen LogP contribution in [0.15, 0.2) is 200 Å². The van der Waals surface area contributed by atoms with Crippen LogP contribution in [0.25, 0.3) is 94.8 Å². The summed E-state index contributed by atoms with van der Waals surface area (Å²) in [6.07, 6.45) is 0. The Morgan fingerprint density at radius 3 is 1.56 bits per heavy atom. The second-order valence-corrected chi connectivity index (χ2v) is 13.7. The lowest BCUT2D eigenvalue weighted by Gasteiger charge is -2.11. The van der Waals surface area contributed by atoms with Crippen molar-refractivity contribution in [1.29, 1.82) is 0 Å². The van der Waals surface area contributed by atoms with E-state index in [-0.39, 0.29) is 0 Å². The van der Waals surface area contributed by atoms with Crippen LogP contribution in [0.5, 0.6) is 0 Å². The van der Waals surface area contributed by atoms with Gasteiger partial charge in [-0.1, -0.05) is 164 Å². The lowest BCUT2D eigenvalue weighted by Crippen LogP contribution is -1.96. The van der Waals surface area contributed by atoms with Crippen LogP contribution < -0.4 is 0 Å². The summed E-state index contributed by atoms with van der Waals surface area (Å²) >= 11 is 0. The monoisotopic (exact) mass is 699 g/mol. The summed E-state index contributed by atoms with van der Waals surface area (Å²) in [6.45, 7) is 0. The molecule has 0 unspecified atom stereocenters. The quantitative estimate of drug-likeness (QED) is 0.166. The summed E-state index contributed by atoms with van der Waals surface area (Å²) < 4.78 is 2.31. The van der Waals surface area contributed by atoms with Gasteiger partial charge in [0.05, 0.1) is 16.9 Å². The van der Waals surface area contributed by atoms with Gasteiger partial charge in [-0.15, -0.1) is 0 Å². The van der Waals surface area contributed by atoms with Gasteiger partial charge in [-0.3, -0.25) is 0 Å². The Hall–Kier alpha value is -7.54. The molecule has 0 aliphatic carbocycles. The number of hydrogen-bond acceptors (Lipinski definition) is 2. The van der Waals surface area contributed by atoms with Gasteiger partial charge in [0.25, 0.3) is 0 Å². The van der Waals surface area contributed by atoms with Gasteiger partial charge in [0.2, 0.25) is 0 Å². The second-order valence-electron chi connectivity index (χ2n) is 13.7. The molecule has 8 aromatic carbocycles. The largest absolute Gasteiger partial charge is 0.302 e. The van der Waals surface area contributed by atoms with E-state index in [9.17, 15) is 0 Å². The molecule has 2 aromatic heterocycles. The Morgan fingerprint density at radius 1 is 0.345 bits per heavy atom. The van der Waals surface area contributed by atoms with Crippen LogP contribution in [-0.2, 0) is 0 Å². The zero-order valence-corrected chi connectivity index (χ0v) is 29.9. The fraction of sp³-hybridized carbons (Fsp3) is 0. The molecule has 0 atom stereocenters. The molecule has 55 heavy (non-hydrogen) atoms. The van der Waals surface area contributed by atoms with E-state index in [1.165, 1.54) is 16.5 Å². The van der Waals surface area contributed by atoms with Crippen molar-refractivity contribution in [3.8, 4) is 73.0 Å². The van der Waals surface area contributed by atoms with Crippen molar-refractivity contribution in [1.82, 2.24) is 14.5 Å². The van der Waals surface area contributed by atoms with Crippen LogP contribution >= 0.6 is 0 Å². The maximum atomic E-state index is 5.07. The maximum Gasteiger partial charge on any atom is 0.160 e. The molecule has 0 N–H and O–H groups in total. The molecule has 256 valence electrons. The average molecular weight is 700 g/mol. The molecule has 0 amide bonds. The zero-order chi connectivity index (χ0) is 36.6. The van der Waals surface area contributed by atoms with E-state index >= 15 is 0 Å². The molecule has 0 saturated heterocycles. The predicted octanol–water partition coefficient (Wildman–Crippen LogP) is 13.2. The third-order valence-electron chi connectivity index (χ3n) is 10.2. The lowest BCUT2D eigenvalue weighted by molar-refractivity contribution is 1.18. The Kier molecular flexibility index (Phi) is 8.05. The van der Waals surface area contributed by atoms with E-state index in [0.29, 0.717) is 5.82 Å². The number of hydrogen-bond donors (Lipinski definition) is 0. The van der Waals surface area contributed by atoms with E-state index in [0.717, 1.165) is 72.4 Å². The Bertz CT molecular complexity index is 2780. The molecule has 0 bridgehead atoms. The fourth-order valence-corrected chi connectivity index (χ4v) is 7.47. The fourth-order valence-electron chi connectivity index (χ4n) is 7.47. The highest BCUT2D eigenvalue weighted by molar-refractivity contribution is 6.11. The Morgan fingerprint density at radius 2 is 0.873 bits per heavy atom. The summed E-state index contributed by atoms with van der Waals surface area (Å²) in [7, 11) is 0. The number of rotatable bonds is 7. The molecule has 0 fully saturated rings. The van der Waals surface area contributed by atoms with Crippen molar-refractivity contribution < 1.29 is 0 Å². The number of nitrogens with zero attached hydrogens (tertiary/aromatic N) is 3. The topological polar surface area (TPSA) is 30.7 Å². The van der Waals surface area contributed by atoms with E-state index in [1.54, 1.807) is 0 Å². The van der Waals surface area contributed by atoms with Gasteiger partial charge in [0, 0.05) is 38.7 Å². The van der Waals surface area contributed by atoms with Crippen LogP contribution in [-0.4, -0.2) is 14.5 Å². The summed E-state index contributed by atoms with van der Waals surface area (Å²) in [5, 5.41) is 2.34. The van der Waals surface area contributed by atoms with Crippen LogP contribution in [0.1, 0.15) is 0 Å². The Labute approximate surface area is 320 Å². The first kappa shape index (κ1) is 32.1. The molecule has 2 heterocycles. The molecular formula is C52H33N3. The number of benzene rings is 7. The highest BCUT2D eigenvalue weighted by Gasteiger charge is 2.16. The third-order valence-corrected chi connectivity index (χ3v) is 10.2. The standard InChI is InChI=1S/C52H33N3/c1-5-14-36(15-6-1)42-26-30-50-46(33-42)47-34-43(37-16-7-2-8-17-37)27-31-51(47)55(50)45-28-24-38(25-29-45)41-22-13-23-44(32-41)49-35-48(39-18-9-3-10-19-39)53-52(54-49)40-20-11-4-12-21-40/h1-26,28-30,32-35H. The minimum Gasteiger partial charge on any atom is -0.302 e. The third kappa shape index (κ3) is 6.12. The average Bonchev–Trinajstić information content (AvgIpc) is 3.60. The molecular weight excluding hydrogens is 667 g/mol. The molecule has 0 aliphatic rings. The molecule has 3 heteroatoms. The van der Waals surface area contributed by atoms with Crippen molar-refractivity contribution in [2.24, 2.45) is 0 Å². The van der Waals surface area contributed by atoms with Gasteiger partial charge in [-0.2, -0.15) is 0 Å². The highest BCUT2D eigenvalue weighted by Crippen LogP contribution is 2.37. The molecule has 0 spiro atoms. The summed E-state index contributed by atoms with van der Waals surface area (Å²) in [5.74, 6) is 0.707. The maximum absolute atomic E-state index is 5.07. The van der Waals surface area contributed by atoms with Gasteiger partial charge < -0.3 is 4.57 Å². The summed E-state index contributed by atoms with van der Waals surface area (Å²) in [6, 6.07) is 77.1. The molecule has 10 rings (SSSR count). The van der Waals surface area contributed by atoms with Crippen molar-refractivity contribution >= 4 is 21.8 Å². The summed E-state index contributed by atoms with van der Waals surface area (Å²) in [5.41, 5.74) is 14.8. The molecule has 0 aliphatic heterocycles. The van der Waals surface area contributed by atoms with Crippen LogP contribution in [0.3, 0.4) is 0 Å². The molecule has 0 saturated carbocycles. The number of aromatic nitrogens is 3. The zero-order valence-electron chi connectivity index (χ0n) is 29.9. The van der Waals surface area contributed by atoms with Crippen molar-refractivity contribution in [3.63, 3.8) is 0 Å². The van der Waals surface area contributed by atoms with E-state index in [4.69, 9.17) is 9.97 Å². The van der Waals surface area contributed by atoms with E-state index in [1.807, 2.05) is 42.5 Å². The van der Waals surface area contributed by atoms with Crippen LogP contribution in [0.2, 0.25) is 0 Å². The van der Waals surface area contributed by atoms with Crippen LogP contribution in [0, 0.1) is 12.1 Å². The normalized spacial score (nSPS) is 11.1. The second kappa shape index (κ2) is 13.8. The highest BCUT2D eigenvalue weighted by atomic mass is 15.0. The lowest BCUT2D eigenvalue weighted by atomic mass is 10.00. The molecule has 3 nitrogen and oxygen atoms in total. The Balaban J connectivity index is 1.05. The van der Waals surface area contributed by atoms with Crippen LogP contribution in [0.4, 0.5) is 0 Å². The van der Waals surface area contributed by atoms with Gasteiger partial charge in [0.15, 0.2) is 5.82 Å². The van der Waals surface area contributed by atoms with Crippen molar-refractivity contribution in [3.05, 3.63) is 212 Å². The first-order valence-corrected chi connectivity index (χ1v) is 18.5. The predicted molar refractivity (Wildman–Crippen MR) is 227 cm³/mol. The summed E-state index contributed by atoms with van der Waals surface area (Å²) in [4.78, 5) is 10.0. The van der Waals surface area contributed by atoms with Gasteiger partial charge >= 0.3 is 0 Å². The minimum atomic E-state index is 0.707. The van der Waals surface area contributed by atoms with Gasteiger partial charge in [-0.25, -0.2) is 9.97 Å². The molecule has 10 aromatic rings. The van der Waals surface area contributed by atoms with Crippen molar-refractivity contribution in [2.45, 2.75) is 0 Å². The van der Waals surface area contributed by atoms with Gasteiger partial charge in [-0.05, 0) is 76.3 Å². The minimum absolute atomic E-state index is 0.707.